The van der Waals surface area contributed by atoms with E-state index < -0.39 is 0 Å². The zero-order valence-electron chi connectivity index (χ0n) is 10.8. The largest absolute Gasteiger partial charge is 0.309 e. The van der Waals surface area contributed by atoms with E-state index in [1.165, 1.54) is 23.4 Å². The molecule has 0 spiro atoms. The molecule has 18 heavy (non-hydrogen) atoms. The minimum Gasteiger partial charge on any atom is -0.309 e. The van der Waals surface area contributed by atoms with Crippen LogP contribution < -0.4 is 5.32 Å². The van der Waals surface area contributed by atoms with Crippen molar-refractivity contribution in [2.24, 2.45) is 7.05 Å². The molecule has 0 aliphatic heterocycles. The van der Waals surface area contributed by atoms with E-state index in [4.69, 9.17) is 4.98 Å². The fourth-order valence-electron chi connectivity index (χ4n) is 1.98. The Balaban J connectivity index is 1.82. The number of rotatable bonds is 5. The van der Waals surface area contributed by atoms with Gasteiger partial charge in [0.2, 0.25) is 0 Å². The molecule has 2 aromatic rings. The molecule has 96 valence electrons. The van der Waals surface area contributed by atoms with E-state index in [1.807, 2.05) is 24.1 Å². The number of nitrogens with one attached hydrogen (secondary N) is 1. The summed E-state index contributed by atoms with van der Waals surface area (Å²) in [5, 5.41) is 8.87. The van der Waals surface area contributed by atoms with Crippen molar-refractivity contribution < 1.29 is 0 Å². The first-order valence-corrected chi connectivity index (χ1v) is 7.29. The Bertz CT molecular complexity index is 539. The second kappa shape index (κ2) is 4.82. The second-order valence-corrected chi connectivity index (χ2v) is 5.88. The van der Waals surface area contributed by atoms with Crippen molar-refractivity contribution in [2.75, 3.05) is 0 Å². The average molecular weight is 262 g/mol. The van der Waals surface area contributed by atoms with Gasteiger partial charge in [-0.2, -0.15) is 5.10 Å². The lowest BCUT2D eigenvalue weighted by Crippen LogP contribution is -2.15. The van der Waals surface area contributed by atoms with Crippen molar-refractivity contribution >= 4 is 11.3 Å². The fraction of sp³-hybridized carbons (Fsp3) is 0.538. The monoisotopic (exact) mass is 262 g/mol. The zero-order valence-corrected chi connectivity index (χ0v) is 11.6. The Morgan fingerprint density at radius 1 is 1.50 bits per heavy atom. The molecular weight excluding hydrogens is 244 g/mol. The normalized spacial score (nSPS) is 15.2. The third-order valence-corrected chi connectivity index (χ3v) is 4.34. The van der Waals surface area contributed by atoms with E-state index in [2.05, 4.69) is 17.3 Å². The third-order valence-electron chi connectivity index (χ3n) is 3.19. The lowest BCUT2D eigenvalue weighted by molar-refractivity contribution is 0.689. The van der Waals surface area contributed by atoms with Crippen molar-refractivity contribution in [2.45, 2.75) is 38.8 Å². The molecule has 0 radical (unpaired) electrons. The molecule has 0 unspecified atom stereocenters. The van der Waals surface area contributed by atoms with E-state index >= 15 is 0 Å². The molecule has 0 amide bonds. The Morgan fingerprint density at radius 2 is 2.33 bits per heavy atom. The van der Waals surface area contributed by atoms with Gasteiger partial charge in [-0.15, -0.1) is 11.3 Å². The number of hydrogen-bond acceptors (Lipinski definition) is 4. The summed E-state index contributed by atoms with van der Waals surface area (Å²) in [7, 11) is 1.94. The Hall–Kier alpha value is -1.20. The summed E-state index contributed by atoms with van der Waals surface area (Å²) in [5.41, 5.74) is 2.35. The van der Waals surface area contributed by atoms with Crippen LogP contribution in [0.15, 0.2) is 12.4 Å². The second-order valence-electron chi connectivity index (χ2n) is 4.80. The molecular formula is C13H18N4S. The highest BCUT2D eigenvalue weighted by Crippen LogP contribution is 2.29. The minimum atomic E-state index is 0.749. The van der Waals surface area contributed by atoms with Gasteiger partial charge in [-0.1, -0.05) is 6.92 Å². The molecule has 0 atom stereocenters. The summed E-state index contributed by atoms with van der Waals surface area (Å²) in [4.78, 5) is 6.11. The number of hydrogen-bond donors (Lipinski definition) is 1. The lowest BCUT2D eigenvalue weighted by atomic mass is 10.3. The molecule has 0 bridgehead atoms. The molecule has 0 saturated heterocycles. The van der Waals surface area contributed by atoms with Gasteiger partial charge in [0.15, 0.2) is 0 Å². The number of aromatic nitrogens is 3. The van der Waals surface area contributed by atoms with E-state index in [0.717, 1.165) is 29.6 Å². The van der Waals surface area contributed by atoms with Gasteiger partial charge in [0.05, 0.1) is 11.9 Å². The van der Waals surface area contributed by atoms with Gasteiger partial charge in [0.25, 0.3) is 0 Å². The molecule has 0 aromatic carbocycles. The highest BCUT2D eigenvalue weighted by molar-refractivity contribution is 7.15. The highest BCUT2D eigenvalue weighted by Gasteiger charge is 2.21. The molecule has 4 nitrogen and oxygen atoms in total. The summed E-state index contributed by atoms with van der Waals surface area (Å²) in [6.07, 6.45) is 7.57. The van der Waals surface area contributed by atoms with Crippen molar-refractivity contribution in [3.63, 3.8) is 0 Å². The Kier molecular flexibility index (Phi) is 3.18. The quantitative estimate of drug-likeness (QED) is 0.899. The molecule has 1 aliphatic carbocycles. The fourth-order valence-corrected chi connectivity index (χ4v) is 3.05. The molecule has 1 aliphatic rings. The van der Waals surface area contributed by atoms with Crippen LogP contribution in [0.5, 0.6) is 0 Å². The summed E-state index contributed by atoms with van der Waals surface area (Å²) in [6, 6.07) is 0.749. The number of nitrogens with zero attached hydrogens (tertiary/aromatic N) is 3. The lowest BCUT2D eigenvalue weighted by Gasteiger charge is -2.00. The first-order valence-electron chi connectivity index (χ1n) is 6.47. The van der Waals surface area contributed by atoms with E-state index in [-0.39, 0.29) is 0 Å². The maximum atomic E-state index is 4.74. The van der Waals surface area contributed by atoms with Gasteiger partial charge in [-0.3, -0.25) is 4.68 Å². The molecule has 5 heteroatoms. The minimum absolute atomic E-state index is 0.749. The van der Waals surface area contributed by atoms with E-state index in [1.54, 1.807) is 11.3 Å². The third kappa shape index (κ3) is 2.47. The number of thiazole rings is 1. The average Bonchev–Trinajstić information content (AvgIpc) is 2.94. The van der Waals surface area contributed by atoms with E-state index in [9.17, 15) is 0 Å². The zero-order chi connectivity index (χ0) is 12.5. The van der Waals surface area contributed by atoms with Crippen LogP contribution in [0.2, 0.25) is 0 Å². The maximum Gasteiger partial charge on any atom is 0.127 e. The predicted molar refractivity (Wildman–Crippen MR) is 73.6 cm³/mol. The van der Waals surface area contributed by atoms with Gasteiger partial charge in [-0.25, -0.2) is 4.98 Å². The van der Waals surface area contributed by atoms with Gasteiger partial charge in [0, 0.05) is 36.3 Å². The van der Waals surface area contributed by atoms with Gasteiger partial charge in [0.1, 0.15) is 5.01 Å². The van der Waals surface area contributed by atoms with Crippen molar-refractivity contribution in [3.8, 4) is 10.6 Å². The van der Waals surface area contributed by atoms with E-state index in [0.29, 0.717) is 0 Å². The van der Waals surface area contributed by atoms with Crippen molar-refractivity contribution in [1.29, 1.82) is 0 Å². The maximum absolute atomic E-state index is 4.74. The van der Waals surface area contributed by atoms with Crippen LogP contribution >= 0.6 is 11.3 Å². The van der Waals surface area contributed by atoms with Crippen LogP contribution in [0, 0.1) is 0 Å². The number of aryl methyl sites for hydroxylation is 2. The predicted octanol–water partition coefficient (Wildman–Crippen LogP) is 2.36. The van der Waals surface area contributed by atoms with Crippen LogP contribution in [-0.2, 0) is 20.0 Å². The van der Waals surface area contributed by atoms with Crippen molar-refractivity contribution in [3.05, 3.63) is 23.0 Å². The molecule has 1 saturated carbocycles. The van der Waals surface area contributed by atoms with Crippen molar-refractivity contribution in [1.82, 2.24) is 20.1 Å². The first-order chi connectivity index (χ1) is 8.76. The Labute approximate surface area is 111 Å². The standard InChI is InChI=1S/C13H18N4S/c1-3-11-12(7-14-10-4-5-10)18-13(16-11)9-6-15-17(2)8-9/h6,8,10,14H,3-5,7H2,1-2H3. The molecule has 2 aromatic heterocycles. The van der Waals surface area contributed by atoms with Crippen LogP contribution in [0.1, 0.15) is 30.3 Å². The summed E-state index contributed by atoms with van der Waals surface area (Å²) >= 11 is 1.79. The Morgan fingerprint density at radius 3 is 2.94 bits per heavy atom. The highest BCUT2D eigenvalue weighted by atomic mass is 32.1. The van der Waals surface area contributed by atoms with Gasteiger partial charge in [-0.05, 0) is 19.3 Å². The van der Waals surface area contributed by atoms with Gasteiger partial charge < -0.3 is 5.32 Å². The topological polar surface area (TPSA) is 42.7 Å². The molecule has 1 fully saturated rings. The summed E-state index contributed by atoms with van der Waals surface area (Å²) < 4.78 is 1.82. The first kappa shape index (κ1) is 11.9. The van der Waals surface area contributed by atoms with Crippen LogP contribution in [0.25, 0.3) is 10.6 Å². The molecule has 1 N–H and O–H groups in total. The summed E-state index contributed by atoms with van der Waals surface area (Å²) in [5.74, 6) is 0. The van der Waals surface area contributed by atoms with Crippen LogP contribution in [0.4, 0.5) is 0 Å². The summed E-state index contributed by atoms with van der Waals surface area (Å²) in [6.45, 7) is 3.13. The smallest absolute Gasteiger partial charge is 0.127 e. The van der Waals surface area contributed by atoms with Crippen LogP contribution in [0.3, 0.4) is 0 Å². The van der Waals surface area contributed by atoms with Gasteiger partial charge >= 0.3 is 0 Å². The SMILES string of the molecule is CCc1nc(-c2cnn(C)c2)sc1CNC1CC1. The molecule has 2 heterocycles. The van der Waals surface area contributed by atoms with Crippen LogP contribution in [-0.4, -0.2) is 20.8 Å². The molecule has 3 rings (SSSR count).